The largest absolute Gasteiger partial charge is 0.425 e. The summed E-state index contributed by atoms with van der Waals surface area (Å²) in [6.07, 6.45) is 1.31. The van der Waals surface area contributed by atoms with Crippen molar-refractivity contribution in [3.63, 3.8) is 0 Å². The Balaban J connectivity index is 2.01. The molecule has 1 heterocycles. The molecule has 1 aromatic heterocycles. The van der Waals surface area contributed by atoms with Crippen molar-refractivity contribution in [3.8, 4) is 0 Å². The van der Waals surface area contributed by atoms with Crippen molar-refractivity contribution in [3.05, 3.63) is 47.2 Å². The van der Waals surface area contributed by atoms with E-state index in [1.54, 1.807) is 0 Å². The van der Waals surface area contributed by atoms with Crippen LogP contribution in [0, 0.1) is 12.8 Å². The minimum Gasteiger partial charge on any atom is -0.425 e. The molecule has 0 saturated carbocycles. The summed E-state index contributed by atoms with van der Waals surface area (Å²) in [6.45, 7) is 6.26. The normalized spacial score (nSPS) is 12.9. The molecular weight excluding hydrogens is 238 g/mol. The zero-order chi connectivity index (χ0) is 13.8. The first-order chi connectivity index (χ1) is 9.04. The first-order valence-electron chi connectivity index (χ1n) is 6.67. The third-order valence-electron chi connectivity index (χ3n) is 3.21. The number of nitrogens with two attached hydrogens (primary N) is 1. The SMILES string of the molecule is Cc1cccc(Cc2nnc(C[C@H](N)C(C)C)o2)c1. The van der Waals surface area contributed by atoms with Crippen molar-refractivity contribution < 1.29 is 4.42 Å². The van der Waals surface area contributed by atoms with Gasteiger partial charge in [0.05, 0.1) is 6.42 Å². The summed E-state index contributed by atoms with van der Waals surface area (Å²) in [6, 6.07) is 8.37. The molecule has 2 N–H and O–H groups in total. The van der Waals surface area contributed by atoms with Crippen LogP contribution in [0.15, 0.2) is 28.7 Å². The average molecular weight is 259 g/mol. The quantitative estimate of drug-likeness (QED) is 0.896. The van der Waals surface area contributed by atoms with Crippen molar-refractivity contribution in [1.82, 2.24) is 10.2 Å². The molecule has 4 heteroatoms. The maximum atomic E-state index is 6.00. The molecule has 0 spiro atoms. The Labute approximate surface area is 114 Å². The summed E-state index contributed by atoms with van der Waals surface area (Å²) in [5.74, 6) is 1.69. The number of rotatable bonds is 5. The smallest absolute Gasteiger partial charge is 0.220 e. The molecule has 2 aromatic rings. The molecule has 2 rings (SSSR count). The van der Waals surface area contributed by atoms with Crippen LogP contribution in [0.2, 0.25) is 0 Å². The number of hydrogen-bond acceptors (Lipinski definition) is 4. The zero-order valence-corrected chi connectivity index (χ0v) is 11.8. The van der Waals surface area contributed by atoms with E-state index in [2.05, 4.69) is 49.2 Å². The van der Waals surface area contributed by atoms with Crippen molar-refractivity contribution in [1.29, 1.82) is 0 Å². The molecule has 1 aromatic carbocycles. The van der Waals surface area contributed by atoms with Crippen LogP contribution in [0.25, 0.3) is 0 Å². The number of aromatic nitrogens is 2. The number of nitrogens with zero attached hydrogens (tertiary/aromatic N) is 2. The lowest BCUT2D eigenvalue weighted by molar-refractivity contribution is 0.405. The summed E-state index contributed by atoms with van der Waals surface area (Å²) >= 11 is 0. The maximum Gasteiger partial charge on any atom is 0.220 e. The third kappa shape index (κ3) is 3.89. The van der Waals surface area contributed by atoms with E-state index < -0.39 is 0 Å². The highest BCUT2D eigenvalue weighted by molar-refractivity contribution is 5.24. The van der Waals surface area contributed by atoms with Gasteiger partial charge in [-0.25, -0.2) is 0 Å². The topological polar surface area (TPSA) is 64.9 Å². The molecule has 0 unspecified atom stereocenters. The number of benzene rings is 1. The van der Waals surface area contributed by atoms with E-state index in [9.17, 15) is 0 Å². The van der Waals surface area contributed by atoms with E-state index in [1.807, 2.05) is 6.07 Å². The van der Waals surface area contributed by atoms with E-state index >= 15 is 0 Å². The summed E-state index contributed by atoms with van der Waals surface area (Å²) < 4.78 is 5.65. The average Bonchev–Trinajstić information content (AvgIpc) is 2.76. The van der Waals surface area contributed by atoms with Gasteiger partial charge >= 0.3 is 0 Å². The first-order valence-corrected chi connectivity index (χ1v) is 6.67. The minimum absolute atomic E-state index is 0.0623. The summed E-state index contributed by atoms with van der Waals surface area (Å²) in [4.78, 5) is 0. The first kappa shape index (κ1) is 13.7. The van der Waals surface area contributed by atoms with Crippen molar-refractivity contribution in [2.45, 2.75) is 39.7 Å². The summed E-state index contributed by atoms with van der Waals surface area (Å²) in [7, 11) is 0. The van der Waals surface area contributed by atoms with Crippen molar-refractivity contribution in [2.24, 2.45) is 11.7 Å². The lowest BCUT2D eigenvalue weighted by Gasteiger charge is -2.12. The monoisotopic (exact) mass is 259 g/mol. The lowest BCUT2D eigenvalue weighted by Crippen LogP contribution is -2.28. The molecule has 0 aliphatic rings. The van der Waals surface area contributed by atoms with E-state index in [1.165, 1.54) is 11.1 Å². The molecule has 102 valence electrons. The molecule has 0 amide bonds. The Hall–Kier alpha value is -1.68. The van der Waals surface area contributed by atoms with Gasteiger partial charge in [-0.05, 0) is 18.4 Å². The Morgan fingerprint density at radius 1 is 1.21 bits per heavy atom. The lowest BCUT2D eigenvalue weighted by atomic mass is 10.0. The van der Waals surface area contributed by atoms with Gasteiger partial charge in [-0.1, -0.05) is 43.7 Å². The molecule has 0 bridgehead atoms. The molecule has 4 nitrogen and oxygen atoms in total. The van der Waals surface area contributed by atoms with Gasteiger partial charge in [0, 0.05) is 12.5 Å². The highest BCUT2D eigenvalue weighted by atomic mass is 16.4. The van der Waals surface area contributed by atoms with Crippen LogP contribution in [-0.4, -0.2) is 16.2 Å². The molecule has 0 radical (unpaired) electrons. The Morgan fingerprint density at radius 2 is 1.95 bits per heavy atom. The van der Waals surface area contributed by atoms with Crippen molar-refractivity contribution >= 4 is 0 Å². The van der Waals surface area contributed by atoms with E-state index in [0.29, 0.717) is 30.5 Å². The van der Waals surface area contributed by atoms with E-state index in [-0.39, 0.29) is 6.04 Å². The highest BCUT2D eigenvalue weighted by Crippen LogP contribution is 2.12. The predicted octanol–water partition coefficient (Wildman–Crippen LogP) is 2.49. The number of aryl methyl sites for hydroxylation is 1. The molecule has 0 fully saturated rings. The third-order valence-corrected chi connectivity index (χ3v) is 3.21. The molecule has 0 aliphatic carbocycles. The molecule has 0 aliphatic heterocycles. The van der Waals surface area contributed by atoms with E-state index in [4.69, 9.17) is 10.2 Å². The van der Waals surface area contributed by atoms with Crippen LogP contribution in [0.5, 0.6) is 0 Å². The van der Waals surface area contributed by atoms with Gasteiger partial charge in [0.2, 0.25) is 11.8 Å². The van der Waals surface area contributed by atoms with Crippen LogP contribution < -0.4 is 5.73 Å². The second-order valence-corrected chi connectivity index (χ2v) is 5.37. The van der Waals surface area contributed by atoms with Gasteiger partial charge in [0.25, 0.3) is 0 Å². The van der Waals surface area contributed by atoms with Gasteiger partial charge in [-0.2, -0.15) is 0 Å². The Kier molecular flexibility index (Phi) is 4.32. The predicted molar refractivity (Wildman–Crippen MR) is 74.8 cm³/mol. The standard InChI is InChI=1S/C15H21N3O/c1-10(2)13(16)9-15-18-17-14(19-15)8-12-6-4-5-11(3)7-12/h4-7,10,13H,8-9,16H2,1-3H3/t13-/m0/s1. The number of hydrogen-bond donors (Lipinski definition) is 1. The fourth-order valence-electron chi connectivity index (χ4n) is 1.88. The second-order valence-electron chi connectivity index (χ2n) is 5.37. The Bertz CT molecular complexity index is 534. The second kappa shape index (κ2) is 5.97. The minimum atomic E-state index is 0.0623. The van der Waals surface area contributed by atoms with Gasteiger partial charge in [-0.3, -0.25) is 0 Å². The van der Waals surface area contributed by atoms with Crippen molar-refractivity contribution in [2.75, 3.05) is 0 Å². The van der Waals surface area contributed by atoms with Crippen LogP contribution in [0.1, 0.15) is 36.8 Å². The fraction of sp³-hybridized carbons (Fsp3) is 0.467. The molecule has 1 atom stereocenters. The van der Waals surface area contributed by atoms with Crippen LogP contribution in [0.3, 0.4) is 0 Å². The van der Waals surface area contributed by atoms with Gasteiger partial charge in [0.15, 0.2) is 0 Å². The van der Waals surface area contributed by atoms with Crippen LogP contribution in [-0.2, 0) is 12.8 Å². The molecular formula is C15H21N3O. The molecule has 0 saturated heterocycles. The van der Waals surface area contributed by atoms with Gasteiger partial charge < -0.3 is 10.2 Å². The van der Waals surface area contributed by atoms with E-state index in [0.717, 1.165) is 0 Å². The zero-order valence-electron chi connectivity index (χ0n) is 11.8. The highest BCUT2D eigenvalue weighted by Gasteiger charge is 2.14. The summed E-state index contributed by atoms with van der Waals surface area (Å²) in [5.41, 5.74) is 8.42. The van der Waals surface area contributed by atoms with Crippen LogP contribution >= 0.6 is 0 Å². The summed E-state index contributed by atoms with van der Waals surface area (Å²) in [5, 5.41) is 8.14. The molecule has 19 heavy (non-hydrogen) atoms. The van der Waals surface area contributed by atoms with Crippen LogP contribution in [0.4, 0.5) is 0 Å². The fourth-order valence-corrected chi connectivity index (χ4v) is 1.88. The van der Waals surface area contributed by atoms with Gasteiger partial charge in [0.1, 0.15) is 0 Å². The maximum absolute atomic E-state index is 6.00. The Morgan fingerprint density at radius 3 is 2.63 bits per heavy atom. The van der Waals surface area contributed by atoms with Gasteiger partial charge in [-0.15, -0.1) is 10.2 Å².